The summed E-state index contributed by atoms with van der Waals surface area (Å²) in [6.45, 7) is 0. The molecule has 1 heterocycles. The van der Waals surface area contributed by atoms with Crippen LogP contribution in [0.5, 0.6) is 0 Å². The third-order valence-corrected chi connectivity index (χ3v) is 2.87. The van der Waals surface area contributed by atoms with E-state index in [1.807, 2.05) is 0 Å². The van der Waals surface area contributed by atoms with Gasteiger partial charge in [-0.25, -0.2) is 32.8 Å². The van der Waals surface area contributed by atoms with Crippen LogP contribution in [-0.2, 0) is 0 Å². The molecule has 3 N–H and O–H groups in total. The lowest BCUT2D eigenvalue weighted by atomic mass is 10.1. The van der Waals surface area contributed by atoms with E-state index in [1.54, 1.807) is 0 Å². The fraction of sp³-hybridized carbons (Fsp3) is 0. The molecule has 0 amide bonds. The number of thiazole rings is 1. The van der Waals surface area contributed by atoms with Gasteiger partial charge in [0.2, 0.25) is 5.82 Å². The van der Waals surface area contributed by atoms with Crippen LogP contribution in [0.25, 0.3) is 11.3 Å². The number of nitrogen functional groups attached to an aromatic ring is 1. The molecule has 0 spiro atoms. The first-order valence-electron chi connectivity index (χ1n) is 4.41. The highest BCUT2D eigenvalue weighted by atomic mass is 32.1. The molecule has 0 radical (unpaired) electrons. The molecule has 1 aromatic heterocycles. The Hall–Kier alpha value is -1.74. The molecule has 2 aromatic rings. The van der Waals surface area contributed by atoms with Crippen LogP contribution in [0.1, 0.15) is 0 Å². The lowest BCUT2D eigenvalue weighted by Gasteiger charge is -2.05. The number of hydrazine groups is 1. The van der Waals surface area contributed by atoms with Gasteiger partial charge in [-0.1, -0.05) is 0 Å². The second-order valence-electron chi connectivity index (χ2n) is 3.13. The number of nitrogens with one attached hydrogen (secondary N) is 1. The van der Waals surface area contributed by atoms with E-state index in [0.717, 1.165) is 16.7 Å². The number of aromatic nitrogens is 1. The highest BCUT2D eigenvalue weighted by Gasteiger charge is 2.27. The van der Waals surface area contributed by atoms with Crippen molar-refractivity contribution in [1.29, 1.82) is 0 Å². The summed E-state index contributed by atoms with van der Waals surface area (Å²) in [5.41, 5.74) is 0.630. The molecule has 0 aliphatic rings. The van der Waals surface area contributed by atoms with E-state index in [2.05, 4.69) is 10.4 Å². The second kappa shape index (κ2) is 4.50. The molecule has 0 bridgehead atoms. The summed E-state index contributed by atoms with van der Waals surface area (Å²) in [6, 6.07) is 0. The van der Waals surface area contributed by atoms with E-state index in [0.29, 0.717) is 0 Å². The van der Waals surface area contributed by atoms with Gasteiger partial charge < -0.3 is 0 Å². The topological polar surface area (TPSA) is 50.9 Å². The van der Waals surface area contributed by atoms with Crippen molar-refractivity contribution in [1.82, 2.24) is 4.98 Å². The van der Waals surface area contributed by atoms with Crippen molar-refractivity contribution in [2.75, 3.05) is 5.43 Å². The van der Waals surface area contributed by atoms with Crippen molar-refractivity contribution in [2.45, 2.75) is 0 Å². The minimum atomic E-state index is -2.21. The van der Waals surface area contributed by atoms with Crippen molar-refractivity contribution in [3.8, 4) is 11.3 Å². The van der Waals surface area contributed by atoms with E-state index >= 15 is 0 Å². The number of hydrogen-bond acceptors (Lipinski definition) is 4. The first-order chi connectivity index (χ1) is 8.47. The summed E-state index contributed by atoms with van der Waals surface area (Å²) in [5.74, 6) is -5.09. The molecule has 18 heavy (non-hydrogen) atoms. The smallest absolute Gasteiger partial charge is 0.200 e. The molecular weight excluding hydrogens is 277 g/mol. The first-order valence-corrected chi connectivity index (χ1v) is 5.29. The number of nitrogens with zero attached hydrogens (tertiary/aromatic N) is 1. The molecule has 0 unspecified atom stereocenters. The molecule has 0 saturated heterocycles. The third kappa shape index (κ3) is 1.81. The van der Waals surface area contributed by atoms with Crippen LogP contribution in [0.2, 0.25) is 0 Å². The summed E-state index contributed by atoms with van der Waals surface area (Å²) < 4.78 is 65.5. The Bertz CT molecular complexity index is 583. The fourth-order valence-corrected chi connectivity index (χ4v) is 1.90. The van der Waals surface area contributed by atoms with Gasteiger partial charge in [0, 0.05) is 5.38 Å². The maximum Gasteiger partial charge on any atom is 0.200 e. The standard InChI is InChI=1S/C9H4F5N3S/c10-4-3(2-1-18-9(16-2)17-15)5(11)7(13)8(14)6(4)12/h1H,15H2,(H,16,17). The van der Waals surface area contributed by atoms with Crippen molar-refractivity contribution in [3.63, 3.8) is 0 Å². The zero-order chi connectivity index (χ0) is 13.4. The van der Waals surface area contributed by atoms with Gasteiger partial charge in [-0.3, -0.25) is 5.43 Å². The monoisotopic (exact) mass is 281 g/mol. The Labute approximate surface area is 101 Å². The number of halogens is 5. The molecule has 2 rings (SSSR count). The highest BCUT2D eigenvalue weighted by molar-refractivity contribution is 7.14. The Morgan fingerprint density at radius 3 is 1.89 bits per heavy atom. The zero-order valence-corrected chi connectivity index (χ0v) is 9.22. The van der Waals surface area contributed by atoms with Crippen LogP contribution in [0.3, 0.4) is 0 Å². The van der Waals surface area contributed by atoms with Gasteiger partial charge in [-0.2, -0.15) is 0 Å². The maximum absolute atomic E-state index is 13.4. The summed E-state index contributed by atoms with van der Waals surface area (Å²) in [6.07, 6.45) is 0. The van der Waals surface area contributed by atoms with Gasteiger partial charge in [-0.15, -0.1) is 11.3 Å². The molecule has 3 nitrogen and oxygen atoms in total. The molecule has 1 aromatic carbocycles. The van der Waals surface area contributed by atoms with Gasteiger partial charge in [0.05, 0.1) is 11.3 Å². The number of rotatable bonds is 2. The van der Waals surface area contributed by atoms with E-state index in [-0.39, 0.29) is 10.8 Å². The predicted molar refractivity (Wildman–Crippen MR) is 55.2 cm³/mol. The predicted octanol–water partition coefficient (Wildman–Crippen LogP) is 2.79. The largest absolute Gasteiger partial charge is 0.300 e. The summed E-state index contributed by atoms with van der Waals surface area (Å²) >= 11 is 0.858. The fourth-order valence-electron chi connectivity index (χ4n) is 1.28. The Kier molecular flexibility index (Phi) is 3.18. The molecule has 0 saturated carbocycles. The average molecular weight is 281 g/mol. The minimum absolute atomic E-state index is 0.0777. The molecular formula is C9H4F5N3S. The number of anilines is 1. The Morgan fingerprint density at radius 2 is 1.44 bits per heavy atom. The van der Waals surface area contributed by atoms with Gasteiger partial charge >= 0.3 is 0 Å². The van der Waals surface area contributed by atoms with Crippen molar-refractivity contribution in [2.24, 2.45) is 5.84 Å². The summed E-state index contributed by atoms with van der Waals surface area (Å²) in [7, 11) is 0. The Balaban J connectivity index is 2.71. The van der Waals surface area contributed by atoms with Crippen LogP contribution in [-0.4, -0.2) is 4.98 Å². The Morgan fingerprint density at radius 1 is 0.944 bits per heavy atom. The maximum atomic E-state index is 13.4. The van der Waals surface area contributed by atoms with Crippen LogP contribution in [0, 0.1) is 29.1 Å². The van der Waals surface area contributed by atoms with Gasteiger partial charge in [-0.05, 0) is 0 Å². The minimum Gasteiger partial charge on any atom is -0.300 e. The molecule has 96 valence electrons. The van der Waals surface area contributed by atoms with E-state index in [9.17, 15) is 22.0 Å². The SMILES string of the molecule is NNc1nc(-c2c(F)c(F)c(F)c(F)c2F)cs1. The number of hydrogen-bond donors (Lipinski definition) is 2. The zero-order valence-electron chi connectivity index (χ0n) is 8.40. The van der Waals surface area contributed by atoms with Crippen LogP contribution >= 0.6 is 11.3 Å². The van der Waals surface area contributed by atoms with E-state index < -0.39 is 34.6 Å². The van der Waals surface area contributed by atoms with E-state index in [4.69, 9.17) is 5.84 Å². The summed E-state index contributed by atoms with van der Waals surface area (Å²) in [5, 5.41) is 1.20. The molecule has 9 heteroatoms. The lowest BCUT2D eigenvalue weighted by molar-refractivity contribution is 0.381. The number of nitrogens with two attached hydrogens (primary N) is 1. The first kappa shape index (κ1) is 12.7. The molecule has 0 atom stereocenters. The normalized spacial score (nSPS) is 10.8. The van der Waals surface area contributed by atoms with Gasteiger partial charge in [0.1, 0.15) is 0 Å². The molecule has 0 fully saturated rings. The third-order valence-electron chi connectivity index (χ3n) is 2.09. The van der Waals surface area contributed by atoms with Crippen LogP contribution < -0.4 is 11.3 Å². The van der Waals surface area contributed by atoms with Crippen LogP contribution in [0.4, 0.5) is 27.1 Å². The second-order valence-corrected chi connectivity index (χ2v) is 3.99. The van der Waals surface area contributed by atoms with E-state index in [1.165, 1.54) is 0 Å². The average Bonchev–Trinajstić information content (AvgIpc) is 2.83. The number of benzene rings is 1. The molecule has 0 aliphatic heterocycles. The van der Waals surface area contributed by atoms with Gasteiger partial charge in [0.25, 0.3) is 0 Å². The lowest BCUT2D eigenvalue weighted by Crippen LogP contribution is -2.07. The summed E-state index contributed by atoms with van der Waals surface area (Å²) in [4.78, 5) is 3.58. The van der Waals surface area contributed by atoms with Gasteiger partial charge in [0.15, 0.2) is 28.4 Å². The molecule has 0 aliphatic carbocycles. The van der Waals surface area contributed by atoms with Crippen molar-refractivity contribution < 1.29 is 22.0 Å². The highest BCUT2D eigenvalue weighted by Crippen LogP contribution is 2.32. The quantitative estimate of drug-likeness (QED) is 0.292. The van der Waals surface area contributed by atoms with Crippen LogP contribution in [0.15, 0.2) is 5.38 Å². The van der Waals surface area contributed by atoms with Crippen molar-refractivity contribution >= 4 is 16.5 Å². The van der Waals surface area contributed by atoms with Crippen molar-refractivity contribution in [3.05, 3.63) is 34.5 Å².